The summed E-state index contributed by atoms with van der Waals surface area (Å²) in [5.41, 5.74) is 7.09. The summed E-state index contributed by atoms with van der Waals surface area (Å²) in [6.07, 6.45) is 1.05. The van der Waals surface area contributed by atoms with Crippen molar-refractivity contribution < 1.29 is 14.3 Å². The Kier molecular flexibility index (Phi) is 6.68. The average molecular weight is 358 g/mol. The van der Waals surface area contributed by atoms with E-state index in [0.717, 1.165) is 15.8 Å². The van der Waals surface area contributed by atoms with Crippen LogP contribution in [0.5, 0.6) is 5.75 Å². The maximum atomic E-state index is 11.6. The molecule has 0 aromatic heterocycles. The molecule has 1 unspecified atom stereocenters. The zero-order chi connectivity index (χ0) is 16.0. The van der Waals surface area contributed by atoms with Crippen molar-refractivity contribution in [2.24, 2.45) is 11.1 Å². The molecule has 1 rings (SSSR count). The maximum Gasteiger partial charge on any atom is 0.306 e. The van der Waals surface area contributed by atoms with E-state index in [1.54, 1.807) is 7.11 Å². The van der Waals surface area contributed by atoms with Crippen molar-refractivity contribution in [3.05, 3.63) is 28.2 Å². The van der Waals surface area contributed by atoms with Crippen LogP contribution in [0, 0.1) is 5.41 Å². The van der Waals surface area contributed by atoms with Gasteiger partial charge >= 0.3 is 5.97 Å². The van der Waals surface area contributed by atoms with Gasteiger partial charge in [-0.25, -0.2) is 0 Å². The molecule has 0 saturated heterocycles. The minimum Gasteiger partial charge on any atom is -0.497 e. The molecule has 1 aromatic carbocycles. The lowest BCUT2D eigenvalue weighted by atomic mass is 9.81. The number of esters is 1. The van der Waals surface area contributed by atoms with Crippen LogP contribution in [0.1, 0.15) is 45.2 Å². The van der Waals surface area contributed by atoms with E-state index >= 15 is 0 Å². The van der Waals surface area contributed by atoms with Crippen molar-refractivity contribution in [1.29, 1.82) is 0 Å². The summed E-state index contributed by atoms with van der Waals surface area (Å²) in [6.45, 7) is 6.28. The summed E-state index contributed by atoms with van der Waals surface area (Å²) in [4.78, 5) is 11.6. The number of halogens is 1. The Labute approximate surface area is 135 Å². The Hall–Kier alpha value is -1.07. The van der Waals surface area contributed by atoms with Crippen LogP contribution in [-0.2, 0) is 9.53 Å². The first kappa shape index (κ1) is 18.0. The molecule has 2 N–H and O–H groups in total. The van der Waals surface area contributed by atoms with E-state index in [2.05, 4.69) is 15.9 Å². The highest BCUT2D eigenvalue weighted by Gasteiger charge is 2.27. The Bertz CT molecular complexity index is 488. The van der Waals surface area contributed by atoms with Crippen LogP contribution in [0.25, 0.3) is 0 Å². The standard InChI is InChI=1S/C16H24BrNO3/c1-5-21-15(19)10-16(2,3)9-14(18)12-7-6-11(20-4)8-13(12)17/h6-8,14H,5,9-10,18H2,1-4H3. The molecule has 5 heteroatoms. The number of ether oxygens (including phenoxy) is 2. The molecule has 0 aliphatic rings. The maximum absolute atomic E-state index is 11.6. The second-order valence-electron chi connectivity index (χ2n) is 5.84. The molecule has 1 aromatic rings. The number of methoxy groups -OCH3 is 1. The van der Waals surface area contributed by atoms with Crippen molar-refractivity contribution in [2.75, 3.05) is 13.7 Å². The summed E-state index contributed by atoms with van der Waals surface area (Å²) < 4.78 is 11.1. The van der Waals surface area contributed by atoms with E-state index in [0.29, 0.717) is 19.4 Å². The SMILES string of the molecule is CCOC(=O)CC(C)(C)CC(N)c1ccc(OC)cc1Br. The van der Waals surface area contributed by atoms with Crippen molar-refractivity contribution in [1.82, 2.24) is 0 Å². The number of benzene rings is 1. The predicted octanol–water partition coefficient (Wildman–Crippen LogP) is 3.83. The van der Waals surface area contributed by atoms with Crippen LogP contribution in [0.3, 0.4) is 0 Å². The Morgan fingerprint density at radius 1 is 1.43 bits per heavy atom. The van der Waals surface area contributed by atoms with Gasteiger partial charge in [0.25, 0.3) is 0 Å². The molecular weight excluding hydrogens is 334 g/mol. The second-order valence-corrected chi connectivity index (χ2v) is 6.70. The third-order valence-electron chi connectivity index (χ3n) is 3.31. The number of rotatable bonds is 7. The monoisotopic (exact) mass is 357 g/mol. The van der Waals surface area contributed by atoms with Crippen LogP contribution in [0.4, 0.5) is 0 Å². The van der Waals surface area contributed by atoms with Gasteiger partial charge < -0.3 is 15.2 Å². The second kappa shape index (κ2) is 7.80. The van der Waals surface area contributed by atoms with E-state index in [9.17, 15) is 4.79 Å². The molecule has 0 radical (unpaired) electrons. The molecule has 0 aliphatic carbocycles. The summed E-state index contributed by atoms with van der Waals surface area (Å²) in [5.74, 6) is 0.604. The van der Waals surface area contributed by atoms with Gasteiger partial charge in [0.1, 0.15) is 5.75 Å². The minimum absolute atomic E-state index is 0.158. The van der Waals surface area contributed by atoms with Crippen LogP contribution >= 0.6 is 15.9 Å². The van der Waals surface area contributed by atoms with Crippen molar-refractivity contribution in [3.63, 3.8) is 0 Å². The fourth-order valence-electron chi connectivity index (χ4n) is 2.32. The number of hydrogen-bond donors (Lipinski definition) is 1. The van der Waals surface area contributed by atoms with Gasteiger partial charge in [-0.15, -0.1) is 0 Å². The molecule has 0 saturated carbocycles. The third-order valence-corrected chi connectivity index (χ3v) is 3.99. The van der Waals surface area contributed by atoms with Gasteiger partial charge in [-0.3, -0.25) is 4.79 Å². The molecule has 4 nitrogen and oxygen atoms in total. The van der Waals surface area contributed by atoms with Gasteiger partial charge in [-0.05, 0) is 36.5 Å². The first-order valence-electron chi connectivity index (χ1n) is 7.03. The fraction of sp³-hybridized carbons (Fsp3) is 0.562. The van der Waals surface area contributed by atoms with Gasteiger partial charge in [0.2, 0.25) is 0 Å². The number of carbonyl (C=O) groups is 1. The highest BCUT2D eigenvalue weighted by molar-refractivity contribution is 9.10. The van der Waals surface area contributed by atoms with E-state index < -0.39 is 0 Å². The minimum atomic E-state index is -0.217. The average Bonchev–Trinajstić information content (AvgIpc) is 2.37. The molecule has 1 atom stereocenters. The molecule has 118 valence electrons. The van der Waals surface area contributed by atoms with Crippen molar-refractivity contribution >= 4 is 21.9 Å². The smallest absolute Gasteiger partial charge is 0.306 e. The lowest BCUT2D eigenvalue weighted by molar-refractivity contribution is -0.145. The summed E-state index contributed by atoms with van der Waals surface area (Å²) >= 11 is 3.52. The first-order valence-corrected chi connectivity index (χ1v) is 7.83. The van der Waals surface area contributed by atoms with Crippen LogP contribution in [0.15, 0.2) is 22.7 Å². The topological polar surface area (TPSA) is 61.5 Å². The molecule has 21 heavy (non-hydrogen) atoms. The van der Waals surface area contributed by atoms with Gasteiger partial charge in [0.05, 0.1) is 20.1 Å². The summed E-state index contributed by atoms with van der Waals surface area (Å²) in [6, 6.07) is 5.58. The van der Waals surface area contributed by atoms with Crippen molar-refractivity contribution in [2.45, 2.75) is 39.7 Å². The van der Waals surface area contributed by atoms with Gasteiger partial charge in [-0.1, -0.05) is 35.8 Å². The molecule has 0 fully saturated rings. The van der Waals surface area contributed by atoms with Gasteiger partial charge in [0.15, 0.2) is 0 Å². The molecule has 0 bridgehead atoms. The zero-order valence-electron chi connectivity index (χ0n) is 13.1. The van der Waals surface area contributed by atoms with E-state index in [1.807, 2.05) is 39.0 Å². The fourth-order valence-corrected chi connectivity index (χ4v) is 2.97. The molecule has 0 amide bonds. The number of nitrogens with two attached hydrogens (primary N) is 1. The quantitative estimate of drug-likeness (QED) is 0.753. The molecule has 0 spiro atoms. The van der Waals surface area contributed by atoms with E-state index in [-0.39, 0.29) is 17.4 Å². The predicted molar refractivity (Wildman–Crippen MR) is 87.3 cm³/mol. The number of carbonyl (C=O) groups excluding carboxylic acids is 1. The van der Waals surface area contributed by atoms with Crippen molar-refractivity contribution in [3.8, 4) is 5.75 Å². The lowest BCUT2D eigenvalue weighted by Crippen LogP contribution is -2.25. The third kappa shape index (κ3) is 5.67. The van der Waals surface area contributed by atoms with Crippen LogP contribution in [0.2, 0.25) is 0 Å². The normalized spacial score (nSPS) is 12.9. The van der Waals surface area contributed by atoms with Gasteiger partial charge in [-0.2, -0.15) is 0 Å². The summed E-state index contributed by atoms with van der Waals surface area (Å²) in [7, 11) is 1.63. The summed E-state index contributed by atoms with van der Waals surface area (Å²) in [5, 5.41) is 0. The van der Waals surface area contributed by atoms with Crippen LogP contribution < -0.4 is 10.5 Å². The number of hydrogen-bond acceptors (Lipinski definition) is 4. The Morgan fingerprint density at radius 2 is 2.10 bits per heavy atom. The Morgan fingerprint density at radius 3 is 2.62 bits per heavy atom. The van der Waals surface area contributed by atoms with E-state index in [1.165, 1.54) is 0 Å². The lowest BCUT2D eigenvalue weighted by Gasteiger charge is -2.27. The van der Waals surface area contributed by atoms with E-state index in [4.69, 9.17) is 15.2 Å². The van der Waals surface area contributed by atoms with Crippen LogP contribution in [-0.4, -0.2) is 19.7 Å². The zero-order valence-corrected chi connectivity index (χ0v) is 14.7. The largest absolute Gasteiger partial charge is 0.497 e. The highest BCUT2D eigenvalue weighted by Crippen LogP contribution is 2.35. The molecule has 0 aliphatic heterocycles. The highest BCUT2D eigenvalue weighted by atomic mass is 79.9. The van der Waals surface area contributed by atoms with Gasteiger partial charge in [0, 0.05) is 10.5 Å². The first-order chi connectivity index (χ1) is 9.79. The Balaban J connectivity index is 2.75. The molecule has 0 heterocycles. The molecular formula is C16H24BrNO3.